The van der Waals surface area contributed by atoms with E-state index in [0.717, 1.165) is 63.0 Å². The van der Waals surface area contributed by atoms with Crippen molar-refractivity contribution >= 4 is 17.1 Å². The lowest BCUT2D eigenvalue weighted by Crippen LogP contribution is -2.41. The van der Waals surface area contributed by atoms with Gasteiger partial charge in [0.1, 0.15) is 22.8 Å². The number of hydrogen-bond acceptors (Lipinski definition) is 5. The van der Waals surface area contributed by atoms with Crippen molar-refractivity contribution in [2.75, 3.05) is 20.2 Å². The Kier molecular flexibility index (Phi) is 7.64. The van der Waals surface area contributed by atoms with Crippen LogP contribution in [0.25, 0.3) is 33.3 Å². The number of nitrogens with zero attached hydrogens (tertiary/aromatic N) is 4. The summed E-state index contributed by atoms with van der Waals surface area (Å²) in [5.74, 6) is 0.873. The molecule has 4 heterocycles. The van der Waals surface area contributed by atoms with E-state index < -0.39 is 5.60 Å². The molecule has 9 heteroatoms. The van der Waals surface area contributed by atoms with E-state index in [1.54, 1.807) is 18.1 Å². The molecule has 1 amide bonds. The number of benzene rings is 2. The Hall–Kier alpha value is -4.66. The van der Waals surface area contributed by atoms with Gasteiger partial charge >= 0.3 is 6.09 Å². The highest BCUT2D eigenvalue weighted by atomic mass is 19.1. The zero-order valence-electron chi connectivity index (χ0n) is 24.9. The summed E-state index contributed by atoms with van der Waals surface area (Å²) in [5, 5.41) is 5.49. The van der Waals surface area contributed by atoms with Crippen LogP contribution in [0.2, 0.25) is 0 Å². The predicted molar refractivity (Wildman–Crippen MR) is 165 cm³/mol. The third kappa shape index (κ3) is 6.26. The minimum Gasteiger partial charge on any atom is -0.496 e. The number of methoxy groups -OCH3 is 1. The molecule has 1 saturated heterocycles. The normalized spacial score (nSPS) is 14.3. The summed E-state index contributed by atoms with van der Waals surface area (Å²) in [7, 11) is 1.70. The zero-order chi connectivity index (χ0) is 30.1. The molecule has 0 saturated carbocycles. The van der Waals surface area contributed by atoms with E-state index in [9.17, 15) is 9.18 Å². The van der Waals surface area contributed by atoms with Gasteiger partial charge in [0.05, 0.1) is 19.9 Å². The van der Waals surface area contributed by atoms with Gasteiger partial charge < -0.3 is 19.4 Å². The molecule has 0 unspecified atom stereocenters. The van der Waals surface area contributed by atoms with Crippen molar-refractivity contribution in [2.45, 2.75) is 51.7 Å². The number of fused-ring (bicyclic) bond motifs is 1. The monoisotopic (exact) mass is 581 g/mol. The standard InChI is InChI=1S/C34H36FN5O3/c1-34(2,3)43-33(41)39-12-10-23(11-13-39)28-9-8-24(16-31(28)42-4)25-15-29-30(19-37-32(29)36-17-25)26-18-38-40(21-26)20-22-6-5-7-27(35)14-22/h5-9,14-19,21,23H,10-13,20H2,1-4H3,(H,36,37). The molecule has 0 spiro atoms. The molecule has 0 atom stereocenters. The average molecular weight is 582 g/mol. The van der Waals surface area contributed by atoms with E-state index in [2.05, 4.69) is 34.3 Å². The molecule has 8 nitrogen and oxygen atoms in total. The van der Waals surface area contributed by atoms with Gasteiger partial charge in [0.25, 0.3) is 0 Å². The SMILES string of the molecule is COc1cc(-c2cnc3[nH]cc(-c4cnn(Cc5cccc(F)c5)c4)c3c2)ccc1C1CCN(C(=O)OC(C)(C)C)CC1. The van der Waals surface area contributed by atoms with Crippen LogP contribution in [0, 0.1) is 5.82 Å². The Balaban J connectivity index is 1.21. The second kappa shape index (κ2) is 11.6. The number of likely N-dealkylation sites (tertiary alicyclic amines) is 1. The average Bonchev–Trinajstić information content (AvgIpc) is 3.62. The number of rotatable bonds is 6. The molecule has 2 aromatic carbocycles. The van der Waals surface area contributed by atoms with Crippen molar-refractivity contribution in [1.82, 2.24) is 24.6 Å². The summed E-state index contributed by atoms with van der Waals surface area (Å²) in [6.07, 6.45) is 9.04. The van der Waals surface area contributed by atoms with Crippen molar-refractivity contribution in [1.29, 1.82) is 0 Å². The summed E-state index contributed by atoms with van der Waals surface area (Å²) in [5.41, 5.74) is 6.22. The van der Waals surface area contributed by atoms with Crippen LogP contribution in [0.15, 0.2) is 73.3 Å². The summed E-state index contributed by atoms with van der Waals surface area (Å²) in [6, 6.07) is 15.0. The fourth-order valence-corrected chi connectivity index (χ4v) is 5.74. The van der Waals surface area contributed by atoms with Crippen LogP contribution in [-0.2, 0) is 11.3 Å². The highest BCUT2D eigenvalue weighted by Gasteiger charge is 2.29. The summed E-state index contributed by atoms with van der Waals surface area (Å²) in [4.78, 5) is 22.3. The lowest BCUT2D eigenvalue weighted by molar-refractivity contribution is 0.0204. The number of nitrogens with one attached hydrogen (secondary N) is 1. The van der Waals surface area contributed by atoms with Crippen LogP contribution in [0.5, 0.6) is 5.75 Å². The molecule has 3 aromatic heterocycles. The van der Waals surface area contributed by atoms with E-state index in [4.69, 9.17) is 14.5 Å². The molecule has 1 aliphatic rings. The van der Waals surface area contributed by atoms with Crippen molar-refractivity contribution in [3.05, 3.63) is 90.3 Å². The van der Waals surface area contributed by atoms with E-state index in [1.807, 2.05) is 56.3 Å². The van der Waals surface area contributed by atoms with E-state index in [-0.39, 0.29) is 11.9 Å². The maximum atomic E-state index is 13.6. The molecule has 0 bridgehead atoms. The number of H-pyrrole nitrogens is 1. The van der Waals surface area contributed by atoms with Gasteiger partial charge in [-0.05, 0) is 80.5 Å². The van der Waals surface area contributed by atoms with Gasteiger partial charge in [-0.3, -0.25) is 4.68 Å². The molecule has 1 fully saturated rings. The number of carbonyl (C=O) groups excluding carboxylic acids is 1. The Bertz CT molecular complexity index is 1760. The fourth-order valence-electron chi connectivity index (χ4n) is 5.74. The highest BCUT2D eigenvalue weighted by molar-refractivity contribution is 5.95. The zero-order valence-corrected chi connectivity index (χ0v) is 24.9. The number of piperidine rings is 1. The van der Waals surface area contributed by atoms with Crippen LogP contribution < -0.4 is 4.74 Å². The van der Waals surface area contributed by atoms with Crippen LogP contribution >= 0.6 is 0 Å². The third-order valence-corrected chi connectivity index (χ3v) is 7.86. The molecular weight excluding hydrogens is 545 g/mol. The topological polar surface area (TPSA) is 85.3 Å². The molecule has 5 aromatic rings. The van der Waals surface area contributed by atoms with E-state index in [1.165, 1.54) is 12.1 Å². The van der Waals surface area contributed by atoms with Crippen LogP contribution in [-0.4, -0.2) is 56.5 Å². The second-order valence-corrected chi connectivity index (χ2v) is 12.1. The van der Waals surface area contributed by atoms with E-state index >= 15 is 0 Å². The molecule has 0 radical (unpaired) electrons. The van der Waals surface area contributed by atoms with Gasteiger partial charge in [-0.1, -0.05) is 24.3 Å². The first-order valence-corrected chi connectivity index (χ1v) is 14.6. The maximum absolute atomic E-state index is 13.6. The molecule has 0 aliphatic carbocycles. The van der Waals surface area contributed by atoms with Gasteiger partial charge in [0.2, 0.25) is 0 Å². The predicted octanol–water partition coefficient (Wildman–Crippen LogP) is 7.40. The summed E-state index contributed by atoms with van der Waals surface area (Å²) >= 11 is 0. The summed E-state index contributed by atoms with van der Waals surface area (Å²) in [6.45, 7) is 7.45. The molecule has 6 rings (SSSR count). The van der Waals surface area contributed by atoms with Crippen LogP contribution in [0.1, 0.15) is 50.7 Å². The number of ether oxygens (including phenoxy) is 2. The van der Waals surface area contributed by atoms with Crippen molar-refractivity contribution < 1.29 is 18.7 Å². The van der Waals surface area contributed by atoms with Gasteiger partial charge in [0.15, 0.2) is 0 Å². The largest absolute Gasteiger partial charge is 0.496 e. The Morgan fingerprint density at radius 1 is 1.05 bits per heavy atom. The lowest BCUT2D eigenvalue weighted by Gasteiger charge is -2.34. The van der Waals surface area contributed by atoms with Gasteiger partial charge in [-0.15, -0.1) is 0 Å². The molecule has 43 heavy (non-hydrogen) atoms. The van der Waals surface area contributed by atoms with Crippen molar-refractivity contribution in [3.8, 4) is 28.0 Å². The van der Waals surface area contributed by atoms with E-state index in [0.29, 0.717) is 25.6 Å². The van der Waals surface area contributed by atoms with Crippen molar-refractivity contribution in [3.63, 3.8) is 0 Å². The number of aromatic amines is 1. The summed E-state index contributed by atoms with van der Waals surface area (Å²) < 4.78 is 26.9. The molecule has 1 N–H and O–H groups in total. The second-order valence-electron chi connectivity index (χ2n) is 12.1. The Labute approximate surface area is 250 Å². The molecule has 222 valence electrons. The van der Waals surface area contributed by atoms with Gasteiger partial charge in [-0.25, -0.2) is 14.2 Å². The minimum absolute atomic E-state index is 0.251. The quantitative estimate of drug-likeness (QED) is 0.226. The number of carbonyl (C=O) groups is 1. The lowest BCUT2D eigenvalue weighted by atomic mass is 9.87. The van der Waals surface area contributed by atoms with Gasteiger partial charge in [-0.2, -0.15) is 5.10 Å². The number of aromatic nitrogens is 4. The van der Waals surface area contributed by atoms with Crippen molar-refractivity contribution in [2.24, 2.45) is 0 Å². The number of amides is 1. The minimum atomic E-state index is -0.502. The molecular formula is C34H36FN5O3. The first kappa shape index (κ1) is 28.5. The first-order valence-electron chi connectivity index (χ1n) is 14.6. The first-order chi connectivity index (χ1) is 20.7. The van der Waals surface area contributed by atoms with Crippen LogP contribution in [0.3, 0.4) is 0 Å². The van der Waals surface area contributed by atoms with Crippen LogP contribution in [0.4, 0.5) is 9.18 Å². The van der Waals surface area contributed by atoms with Gasteiger partial charge in [0, 0.05) is 53.8 Å². The Morgan fingerprint density at radius 2 is 1.86 bits per heavy atom. The third-order valence-electron chi connectivity index (χ3n) is 7.86. The highest BCUT2D eigenvalue weighted by Crippen LogP contribution is 2.38. The number of hydrogen-bond donors (Lipinski definition) is 1. The smallest absolute Gasteiger partial charge is 0.410 e. The number of pyridine rings is 1. The maximum Gasteiger partial charge on any atom is 0.410 e. The fraction of sp³-hybridized carbons (Fsp3) is 0.324. The number of halogens is 1. The Morgan fingerprint density at radius 3 is 2.60 bits per heavy atom. The molecule has 1 aliphatic heterocycles.